The van der Waals surface area contributed by atoms with Crippen LogP contribution in [0.2, 0.25) is 0 Å². The molecule has 0 aliphatic heterocycles. The number of nitrogens with one attached hydrogen (secondary N) is 1. The minimum Gasteiger partial charge on any atom is -0.494 e. The highest BCUT2D eigenvalue weighted by Gasteiger charge is 2.08. The third-order valence-corrected chi connectivity index (χ3v) is 4.05. The number of hydrogen-bond donors (Lipinski definition) is 1. The van der Waals surface area contributed by atoms with E-state index in [9.17, 15) is 4.79 Å². The molecule has 0 spiro atoms. The molecule has 3 aromatic rings. The number of rotatable bonds is 7. The number of ether oxygens (including phenoxy) is 1. The molecule has 0 unspecified atom stereocenters. The quantitative estimate of drug-likeness (QED) is 0.512. The van der Waals surface area contributed by atoms with E-state index >= 15 is 0 Å². The average molecular weight is 355 g/mol. The highest BCUT2D eigenvalue weighted by Crippen LogP contribution is 2.21. The monoisotopic (exact) mass is 355 g/mol. The number of benzene rings is 1. The molecule has 0 atom stereocenters. The van der Waals surface area contributed by atoms with E-state index in [2.05, 4.69) is 15.3 Å². The predicted molar refractivity (Wildman–Crippen MR) is 96.7 cm³/mol. The molecule has 0 radical (unpaired) electrons. The van der Waals surface area contributed by atoms with Crippen molar-refractivity contribution in [1.29, 1.82) is 0 Å². The highest BCUT2D eigenvalue weighted by atomic mass is 32.2. The second kappa shape index (κ2) is 8.34. The fourth-order valence-electron chi connectivity index (χ4n) is 2.10. The lowest BCUT2D eigenvalue weighted by Crippen LogP contribution is -2.14. The van der Waals surface area contributed by atoms with Gasteiger partial charge in [-0.05, 0) is 49.4 Å². The number of amides is 1. The minimum atomic E-state index is -0.124. The maximum Gasteiger partial charge on any atom is 0.234 e. The molecule has 0 bridgehead atoms. The summed E-state index contributed by atoms with van der Waals surface area (Å²) in [7, 11) is 0. The molecule has 6 nitrogen and oxygen atoms in total. The van der Waals surface area contributed by atoms with Gasteiger partial charge in [-0.25, -0.2) is 9.97 Å². The van der Waals surface area contributed by atoms with Gasteiger partial charge in [0.2, 0.25) is 5.91 Å². The van der Waals surface area contributed by atoms with E-state index in [1.54, 1.807) is 24.6 Å². The van der Waals surface area contributed by atoms with Gasteiger partial charge in [-0.3, -0.25) is 4.79 Å². The van der Waals surface area contributed by atoms with Crippen molar-refractivity contribution in [3.8, 4) is 17.2 Å². The number of thioether (sulfide) groups is 1. The van der Waals surface area contributed by atoms with Gasteiger partial charge in [0.1, 0.15) is 11.4 Å². The molecule has 0 saturated heterocycles. The first-order valence-corrected chi connectivity index (χ1v) is 8.75. The SMILES string of the molecule is CCOc1ccc(NC(=O)CSc2nccc(-c3ccco3)n2)cc1. The summed E-state index contributed by atoms with van der Waals surface area (Å²) in [5, 5.41) is 3.36. The molecule has 3 rings (SSSR count). The van der Waals surface area contributed by atoms with Gasteiger partial charge in [-0.2, -0.15) is 0 Å². The number of furan rings is 1. The smallest absolute Gasteiger partial charge is 0.234 e. The lowest BCUT2D eigenvalue weighted by molar-refractivity contribution is -0.113. The predicted octanol–water partition coefficient (Wildman–Crippen LogP) is 3.87. The van der Waals surface area contributed by atoms with Crippen LogP contribution in [0, 0.1) is 0 Å². The van der Waals surface area contributed by atoms with Gasteiger partial charge in [0.05, 0.1) is 18.6 Å². The Balaban J connectivity index is 1.54. The Morgan fingerprint density at radius 2 is 2.08 bits per heavy atom. The van der Waals surface area contributed by atoms with E-state index in [0.717, 1.165) is 11.4 Å². The van der Waals surface area contributed by atoms with Crippen LogP contribution >= 0.6 is 11.8 Å². The van der Waals surface area contributed by atoms with Crippen molar-refractivity contribution in [3.63, 3.8) is 0 Å². The molecule has 0 aliphatic carbocycles. The van der Waals surface area contributed by atoms with Crippen molar-refractivity contribution in [2.75, 3.05) is 17.7 Å². The van der Waals surface area contributed by atoms with Crippen molar-refractivity contribution < 1.29 is 13.9 Å². The van der Waals surface area contributed by atoms with E-state index in [-0.39, 0.29) is 11.7 Å². The van der Waals surface area contributed by atoms with Crippen LogP contribution in [0.4, 0.5) is 5.69 Å². The Morgan fingerprint density at radius 3 is 2.80 bits per heavy atom. The Labute approximate surface area is 149 Å². The number of anilines is 1. The number of aromatic nitrogens is 2. The normalized spacial score (nSPS) is 10.4. The zero-order valence-electron chi connectivity index (χ0n) is 13.6. The summed E-state index contributed by atoms with van der Waals surface area (Å²) in [5.74, 6) is 1.54. The lowest BCUT2D eigenvalue weighted by atomic mass is 10.3. The maximum absolute atomic E-state index is 12.1. The molecule has 0 fully saturated rings. The molecule has 128 valence electrons. The van der Waals surface area contributed by atoms with Gasteiger partial charge < -0.3 is 14.5 Å². The first-order chi connectivity index (χ1) is 12.2. The van der Waals surface area contributed by atoms with Crippen LogP contribution in [0.15, 0.2) is 64.5 Å². The summed E-state index contributed by atoms with van der Waals surface area (Å²) >= 11 is 1.27. The standard InChI is InChI=1S/C18H17N3O3S/c1-2-23-14-7-5-13(6-8-14)20-17(22)12-25-18-19-10-9-15(21-18)16-4-3-11-24-16/h3-11H,2,12H2,1H3,(H,20,22). The molecule has 2 aromatic heterocycles. The van der Waals surface area contributed by atoms with Crippen molar-refractivity contribution >= 4 is 23.4 Å². The average Bonchev–Trinajstić information content (AvgIpc) is 3.17. The van der Waals surface area contributed by atoms with Crippen LogP contribution in [0.25, 0.3) is 11.5 Å². The Morgan fingerprint density at radius 1 is 1.24 bits per heavy atom. The van der Waals surface area contributed by atoms with E-state index in [1.165, 1.54) is 11.8 Å². The van der Waals surface area contributed by atoms with Gasteiger partial charge in [0, 0.05) is 11.9 Å². The molecular formula is C18H17N3O3S. The molecule has 25 heavy (non-hydrogen) atoms. The lowest BCUT2D eigenvalue weighted by Gasteiger charge is -2.07. The number of carbonyl (C=O) groups excluding carboxylic acids is 1. The molecule has 0 aliphatic rings. The van der Waals surface area contributed by atoms with E-state index in [1.807, 2.05) is 37.3 Å². The Hall–Kier alpha value is -2.80. The van der Waals surface area contributed by atoms with Gasteiger partial charge in [0.15, 0.2) is 10.9 Å². The van der Waals surface area contributed by atoms with Gasteiger partial charge in [-0.1, -0.05) is 11.8 Å². The van der Waals surface area contributed by atoms with Gasteiger partial charge >= 0.3 is 0 Å². The third kappa shape index (κ3) is 4.84. The first kappa shape index (κ1) is 17.0. The molecule has 1 N–H and O–H groups in total. The van der Waals surface area contributed by atoms with E-state index in [4.69, 9.17) is 9.15 Å². The minimum absolute atomic E-state index is 0.124. The fourth-order valence-corrected chi connectivity index (χ4v) is 2.73. The maximum atomic E-state index is 12.1. The zero-order valence-corrected chi connectivity index (χ0v) is 14.5. The Kier molecular flexibility index (Phi) is 5.69. The molecule has 7 heteroatoms. The van der Waals surface area contributed by atoms with Crippen molar-refractivity contribution in [2.45, 2.75) is 12.1 Å². The van der Waals surface area contributed by atoms with Crippen LogP contribution in [0.1, 0.15) is 6.92 Å². The Bertz CT molecular complexity index is 820. The van der Waals surface area contributed by atoms with Crippen LogP contribution in [-0.2, 0) is 4.79 Å². The van der Waals surface area contributed by atoms with Crippen LogP contribution in [-0.4, -0.2) is 28.2 Å². The largest absolute Gasteiger partial charge is 0.494 e. The second-order valence-corrected chi connectivity index (χ2v) is 5.94. The van der Waals surface area contributed by atoms with E-state index in [0.29, 0.717) is 23.2 Å². The molecule has 2 heterocycles. The summed E-state index contributed by atoms with van der Waals surface area (Å²) in [5.41, 5.74) is 1.41. The van der Waals surface area contributed by atoms with Crippen molar-refractivity contribution in [1.82, 2.24) is 9.97 Å². The second-order valence-electron chi connectivity index (χ2n) is 5.00. The fraction of sp³-hybridized carbons (Fsp3) is 0.167. The van der Waals surface area contributed by atoms with Crippen molar-refractivity contribution in [3.05, 3.63) is 54.9 Å². The number of hydrogen-bond acceptors (Lipinski definition) is 6. The van der Waals surface area contributed by atoms with E-state index < -0.39 is 0 Å². The summed E-state index contributed by atoms with van der Waals surface area (Å²) in [6, 6.07) is 12.7. The van der Waals surface area contributed by atoms with Crippen molar-refractivity contribution in [2.24, 2.45) is 0 Å². The highest BCUT2D eigenvalue weighted by molar-refractivity contribution is 7.99. The molecule has 1 aromatic carbocycles. The number of carbonyl (C=O) groups is 1. The van der Waals surface area contributed by atoms with Crippen LogP contribution in [0.3, 0.4) is 0 Å². The zero-order chi connectivity index (χ0) is 17.5. The van der Waals surface area contributed by atoms with Gasteiger partial charge in [-0.15, -0.1) is 0 Å². The molecule has 1 amide bonds. The van der Waals surface area contributed by atoms with Crippen LogP contribution < -0.4 is 10.1 Å². The van der Waals surface area contributed by atoms with Gasteiger partial charge in [0.25, 0.3) is 0 Å². The van der Waals surface area contributed by atoms with Crippen LogP contribution in [0.5, 0.6) is 5.75 Å². The summed E-state index contributed by atoms with van der Waals surface area (Å²) < 4.78 is 10.7. The first-order valence-electron chi connectivity index (χ1n) is 7.77. The summed E-state index contributed by atoms with van der Waals surface area (Å²) in [4.78, 5) is 20.6. The molecular weight excluding hydrogens is 338 g/mol. The summed E-state index contributed by atoms with van der Waals surface area (Å²) in [6.45, 7) is 2.54. The third-order valence-electron chi connectivity index (χ3n) is 3.19. The number of nitrogens with zero attached hydrogens (tertiary/aromatic N) is 2. The summed E-state index contributed by atoms with van der Waals surface area (Å²) in [6.07, 6.45) is 3.24. The topological polar surface area (TPSA) is 77.2 Å². The molecule has 0 saturated carbocycles.